The number of hydrogen-bond donors (Lipinski definition) is 2. The number of carbonyl (C=O) groups is 1. The second kappa shape index (κ2) is 5.74. The Morgan fingerprint density at radius 3 is 2.75 bits per heavy atom. The lowest BCUT2D eigenvalue weighted by Gasteiger charge is -2.06. The monoisotopic (exact) mass is 339 g/mol. The number of benzene rings is 1. The lowest BCUT2D eigenvalue weighted by Crippen LogP contribution is -2.12. The number of halogens is 1. The molecule has 1 amide bonds. The third-order valence-corrected chi connectivity index (χ3v) is 2.98. The summed E-state index contributed by atoms with van der Waals surface area (Å²) in [6, 6.07) is 5.81. The number of carbonyl (C=O) groups excluding carboxylic acids is 1. The van der Waals surface area contributed by atoms with Crippen molar-refractivity contribution in [3.8, 4) is 5.75 Å². The molecule has 0 radical (unpaired) electrons. The number of hydrogen-bond acceptors (Lipinski definition) is 4. The van der Waals surface area contributed by atoms with Gasteiger partial charge in [0.05, 0.1) is 12.0 Å². The van der Waals surface area contributed by atoms with E-state index < -0.39 is 10.8 Å². The molecule has 20 heavy (non-hydrogen) atoms. The summed E-state index contributed by atoms with van der Waals surface area (Å²) >= 11 is 3.22. The topological polar surface area (TPSA) is 97.3 Å². The fourth-order valence-electron chi connectivity index (χ4n) is 1.61. The zero-order valence-electron chi connectivity index (χ0n) is 10.3. The van der Waals surface area contributed by atoms with Crippen LogP contribution in [0.25, 0.3) is 0 Å². The van der Waals surface area contributed by atoms with Gasteiger partial charge in [-0.3, -0.25) is 14.9 Å². The van der Waals surface area contributed by atoms with Crippen LogP contribution in [0.15, 0.2) is 34.9 Å². The van der Waals surface area contributed by atoms with Crippen LogP contribution in [0.5, 0.6) is 5.75 Å². The van der Waals surface area contributed by atoms with E-state index in [0.717, 1.165) is 4.47 Å². The van der Waals surface area contributed by atoms with Crippen molar-refractivity contribution in [1.82, 2.24) is 4.98 Å². The van der Waals surface area contributed by atoms with Crippen LogP contribution in [0.2, 0.25) is 0 Å². The molecule has 2 aromatic rings. The largest absolute Gasteiger partial charge is 0.490 e. The van der Waals surface area contributed by atoms with Gasteiger partial charge in [-0.25, -0.2) is 0 Å². The first kappa shape index (κ1) is 14.1. The summed E-state index contributed by atoms with van der Waals surface area (Å²) < 4.78 is 5.63. The first-order valence-corrected chi connectivity index (χ1v) is 6.28. The van der Waals surface area contributed by atoms with E-state index in [1.165, 1.54) is 25.3 Å². The Hall–Kier alpha value is -2.35. The lowest BCUT2D eigenvalue weighted by atomic mass is 10.2. The molecule has 1 heterocycles. The molecular formula is C12H10BrN3O4. The predicted octanol–water partition coefficient (Wildman–Crippen LogP) is 2.95. The second-order valence-electron chi connectivity index (χ2n) is 3.83. The quantitative estimate of drug-likeness (QED) is 0.660. The molecule has 0 atom stereocenters. The Balaban J connectivity index is 2.23. The molecule has 0 aliphatic carbocycles. The highest BCUT2D eigenvalue weighted by atomic mass is 79.9. The molecule has 8 heteroatoms. The number of nitro groups is 1. The predicted molar refractivity (Wildman–Crippen MR) is 76.1 cm³/mol. The van der Waals surface area contributed by atoms with Crippen molar-refractivity contribution in [3.63, 3.8) is 0 Å². The highest BCUT2D eigenvalue weighted by Gasteiger charge is 2.16. The van der Waals surface area contributed by atoms with Crippen LogP contribution < -0.4 is 10.1 Å². The van der Waals surface area contributed by atoms with Crippen LogP contribution in [0, 0.1) is 10.1 Å². The zero-order chi connectivity index (χ0) is 14.7. The van der Waals surface area contributed by atoms with Crippen LogP contribution in [0.3, 0.4) is 0 Å². The Kier molecular flexibility index (Phi) is 4.04. The number of anilines is 1. The number of aromatic nitrogens is 1. The molecular weight excluding hydrogens is 330 g/mol. The van der Waals surface area contributed by atoms with Crippen molar-refractivity contribution >= 4 is 33.2 Å². The first-order valence-electron chi connectivity index (χ1n) is 5.49. The first-order chi connectivity index (χ1) is 9.51. The number of aromatic amines is 1. The van der Waals surface area contributed by atoms with Crippen molar-refractivity contribution < 1.29 is 14.5 Å². The Morgan fingerprint density at radius 2 is 2.20 bits per heavy atom. The maximum atomic E-state index is 11.9. The minimum atomic E-state index is -0.570. The summed E-state index contributed by atoms with van der Waals surface area (Å²) in [6.07, 6.45) is 1.62. The highest BCUT2D eigenvalue weighted by molar-refractivity contribution is 9.10. The molecule has 0 fully saturated rings. The van der Waals surface area contributed by atoms with Gasteiger partial charge in [-0.15, -0.1) is 0 Å². The fraction of sp³-hybridized carbons (Fsp3) is 0.0833. The lowest BCUT2D eigenvalue weighted by molar-refractivity contribution is -0.385. The van der Waals surface area contributed by atoms with Gasteiger partial charge in [0.15, 0.2) is 5.75 Å². The average Bonchev–Trinajstić information content (AvgIpc) is 2.85. The molecule has 104 valence electrons. The number of amides is 1. The number of nitrogens with zero attached hydrogens (tertiary/aromatic N) is 1. The van der Waals surface area contributed by atoms with Crippen molar-refractivity contribution in [3.05, 3.63) is 50.7 Å². The summed E-state index contributed by atoms with van der Waals surface area (Å²) in [4.78, 5) is 25.0. The van der Waals surface area contributed by atoms with Gasteiger partial charge >= 0.3 is 5.69 Å². The third-order valence-electron chi connectivity index (χ3n) is 2.53. The summed E-state index contributed by atoms with van der Waals surface area (Å²) in [5.74, 6) is -0.259. The molecule has 0 unspecified atom stereocenters. The Bertz CT molecular complexity index is 668. The summed E-state index contributed by atoms with van der Waals surface area (Å²) in [6.45, 7) is 0. The van der Waals surface area contributed by atoms with Gasteiger partial charge in [-0.1, -0.05) is 0 Å². The molecule has 2 N–H and O–H groups in total. The molecule has 0 aliphatic rings. The van der Waals surface area contributed by atoms with E-state index >= 15 is 0 Å². The normalized spacial score (nSPS) is 10.1. The van der Waals surface area contributed by atoms with E-state index in [2.05, 4.69) is 26.2 Å². The zero-order valence-corrected chi connectivity index (χ0v) is 11.9. The maximum absolute atomic E-state index is 11.9. The van der Waals surface area contributed by atoms with E-state index in [1.54, 1.807) is 12.3 Å². The third kappa shape index (κ3) is 2.97. The molecule has 7 nitrogen and oxygen atoms in total. The van der Waals surface area contributed by atoms with Crippen molar-refractivity contribution in [2.45, 2.75) is 0 Å². The van der Waals surface area contributed by atoms with Gasteiger partial charge in [0, 0.05) is 22.4 Å². The average molecular weight is 340 g/mol. The number of nitrogens with one attached hydrogen (secondary N) is 2. The van der Waals surface area contributed by atoms with Crippen molar-refractivity contribution in [2.75, 3.05) is 12.4 Å². The second-order valence-corrected chi connectivity index (χ2v) is 4.75. The number of rotatable bonds is 4. The fourth-order valence-corrected chi connectivity index (χ4v) is 1.95. The number of nitro benzene ring substituents is 1. The van der Waals surface area contributed by atoms with Gasteiger partial charge in [0.25, 0.3) is 5.91 Å². The van der Waals surface area contributed by atoms with E-state index in [1.807, 2.05) is 0 Å². The molecule has 1 aromatic carbocycles. The minimum Gasteiger partial charge on any atom is -0.490 e. The van der Waals surface area contributed by atoms with Crippen molar-refractivity contribution in [2.24, 2.45) is 0 Å². The highest BCUT2D eigenvalue weighted by Crippen LogP contribution is 2.29. The molecule has 1 aromatic heterocycles. The van der Waals surface area contributed by atoms with Crippen LogP contribution >= 0.6 is 15.9 Å². The molecule has 0 saturated carbocycles. The van der Waals surface area contributed by atoms with Crippen LogP contribution in [-0.4, -0.2) is 22.9 Å². The SMILES string of the molecule is COc1ccc(NC(=O)c2cc(Br)c[nH]2)cc1[N+](=O)[O-]. The van der Waals surface area contributed by atoms with Gasteiger partial charge in [-0.2, -0.15) is 0 Å². The van der Waals surface area contributed by atoms with Gasteiger partial charge in [0.2, 0.25) is 0 Å². The van der Waals surface area contributed by atoms with Gasteiger partial charge in [0.1, 0.15) is 5.69 Å². The standard InChI is InChI=1S/C12H10BrN3O4/c1-20-11-3-2-8(5-10(11)16(18)19)15-12(17)9-4-7(13)6-14-9/h2-6,14H,1H3,(H,15,17). The summed E-state index contributed by atoms with van der Waals surface area (Å²) in [5.41, 5.74) is 0.446. The summed E-state index contributed by atoms with van der Waals surface area (Å²) in [7, 11) is 1.34. The van der Waals surface area contributed by atoms with Crippen LogP contribution in [0.4, 0.5) is 11.4 Å². The van der Waals surface area contributed by atoms with E-state index in [-0.39, 0.29) is 11.4 Å². The van der Waals surface area contributed by atoms with E-state index in [0.29, 0.717) is 11.4 Å². The van der Waals surface area contributed by atoms with E-state index in [9.17, 15) is 14.9 Å². The Labute approximate surface area is 122 Å². The van der Waals surface area contributed by atoms with Gasteiger partial charge in [-0.05, 0) is 34.1 Å². The Morgan fingerprint density at radius 1 is 1.45 bits per heavy atom. The molecule has 0 bridgehead atoms. The minimum absolute atomic E-state index is 0.135. The smallest absolute Gasteiger partial charge is 0.312 e. The van der Waals surface area contributed by atoms with E-state index in [4.69, 9.17) is 4.74 Å². The van der Waals surface area contributed by atoms with Crippen LogP contribution in [-0.2, 0) is 0 Å². The molecule has 0 saturated heterocycles. The number of methoxy groups -OCH3 is 1. The summed E-state index contributed by atoms with van der Waals surface area (Å²) in [5, 5.41) is 13.5. The van der Waals surface area contributed by atoms with Crippen molar-refractivity contribution in [1.29, 1.82) is 0 Å². The van der Waals surface area contributed by atoms with Crippen LogP contribution in [0.1, 0.15) is 10.5 Å². The molecule has 0 spiro atoms. The molecule has 2 rings (SSSR count). The van der Waals surface area contributed by atoms with Gasteiger partial charge < -0.3 is 15.0 Å². The molecule has 0 aliphatic heterocycles. The number of ether oxygens (including phenoxy) is 1. The maximum Gasteiger partial charge on any atom is 0.312 e. The number of H-pyrrole nitrogens is 1.